The summed E-state index contributed by atoms with van der Waals surface area (Å²) in [4.78, 5) is 4.19. The first-order valence-corrected chi connectivity index (χ1v) is 9.62. The number of aliphatic imine (C=N–C) groups is 1. The van der Waals surface area contributed by atoms with Gasteiger partial charge in [-0.15, -0.1) is 24.0 Å². The van der Waals surface area contributed by atoms with Gasteiger partial charge in [0.15, 0.2) is 35.6 Å². The third kappa shape index (κ3) is 7.53. The molecule has 1 heterocycles. The minimum Gasteiger partial charge on any atom is -0.493 e. The molecule has 0 saturated carbocycles. The van der Waals surface area contributed by atoms with Gasteiger partial charge in [-0.25, -0.2) is 0 Å². The molecule has 0 aliphatic carbocycles. The number of nitrogens with one attached hydrogen (secondary N) is 2. The molecule has 7 nitrogen and oxygen atoms in total. The second-order valence-corrected chi connectivity index (χ2v) is 6.65. The Morgan fingerprint density at radius 2 is 1.81 bits per heavy atom. The van der Waals surface area contributed by atoms with Crippen molar-refractivity contribution in [1.82, 2.24) is 5.32 Å². The van der Waals surface area contributed by atoms with E-state index in [1.807, 2.05) is 18.2 Å². The van der Waals surface area contributed by atoms with Crippen molar-refractivity contribution in [3.63, 3.8) is 0 Å². The molecule has 176 valence electrons. The lowest BCUT2D eigenvalue weighted by Crippen LogP contribution is -2.30. The smallest absolute Gasteiger partial charge is 0.422 e. The molecule has 2 N–H and O–H groups in total. The lowest BCUT2D eigenvalue weighted by molar-refractivity contribution is -0.153. The fraction of sp³-hybridized carbons (Fsp3) is 0.381. The van der Waals surface area contributed by atoms with E-state index in [1.165, 1.54) is 13.2 Å². The molecule has 0 amide bonds. The van der Waals surface area contributed by atoms with Crippen molar-refractivity contribution < 1.29 is 32.1 Å². The summed E-state index contributed by atoms with van der Waals surface area (Å²) in [6, 6.07) is 10.2. The summed E-state index contributed by atoms with van der Waals surface area (Å²) in [5.74, 6) is 2.11. The second kappa shape index (κ2) is 11.9. The zero-order valence-corrected chi connectivity index (χ0v) is 20.0. The summed E-state index contributed by atoms with van der Waals surface area (Å²) >= 11 is 0. The van der Waals surface area contributed by atoms with E-state index in [4.69, 9.17) is 18.9 Å². The average molecular weight is 567 g/mol. The number of hydrogen-bond acceptors (Lipinski definition) is 5. The summed E-state index contributed by atoms with van der Waals surface area (Å²) < 4.78 is 58.4. The molecule has 0 spiro atoms. The van der Waals surface area contributed by atoms with Crippen LogP contribution >= 0.6 is 24.0 Å². The molecule has 0 atom stereocenters. The van der Waals surface area contributed by atoms with E-state index < -0.39 is 12.8 Å². The number of methoxy groups -OCH3 is 1. The summed E-state index contributed by atoms with van der Waals surface area (Å²) in [6.45, 7) is 0.188. The monoisotopic (exact) mass is 567 g/mol. The van der Waals surface area contributed by atoms with Crippen LogP contribution in [0.1, 0.15) is 12.0 Å². The summed E-state index contributed by atoms with van der Waals surface area (Å²) in [5.41, 5.74) is 1.55. The summed E-state index contributed by atoms with van der Waals surface area (Å²) in [6.07, 6.45) is -3.60. The first-order valence-electron chi connectivity index (χ1n) is 9.62. The highest BCUT2D eigenvalue weighted by atomic mass is 127. The molecule has 1 aliphatic rings. The number of alkyl halides is 3. The Kier molecular flexibility index (Phi) is 9.54. The molecule has 1 aliphatic heterocycles. The van der Waals surface area contributed by atoms with Crippen molar-refractivity contribution in [2.24, 2.45) is 4.99 Å². The van der Waals surface area contributed by atoms with Gasteiger partial charge in [-0.2, -0.15) is 13.2 Å². The van der Waals surface area contributed by atoms with Crippen molar-refractivity contribution >= 4 is 35.6 Å². The standard InChI is InChI=1S/C21H24F3N3O4.HI/c1-25-20(27-15-5-7-17-19(11-15)30-9-3-8-29-17)26-12-14-4-6-16(18(10-14)28-2)31-13-21(22,23)24;/h4-7,10-11H,3,8-9,12-13H2,1-2H3,(H2,25,26,27);1H. The van der Waals surface area contributed by atoms with Gasteiger partial charge in [0, 0.05) is 31.8 Å². The van der Waals surface area contributed by atoms with Crippen LogP contribution in [0.2, 0.25) is 0 Å². The number of hydrogen-bond donors (Lipinski definition) is 2. The number of halogens is 4. The minimum atomic E-state index is -4.42. The quantitative estimate of drug-likeness (QED) is 0.302. The van der Waals surface area contributed by atoms with Crippen LogP contribution in [0.25, 0.3) is 0 Å². The number of ether oxygens (including phenoxy) is 4. The highest BCUT2D eigenvalue weighted by Gasteiger charge is 2.29. The van der Waals surface area contributed by atoms with Gasteiger partial charge in [-0.1, -0.05) is 6.07 Å². The van der Waals surface area contributed by atoms with Crippen LogP contribution in [0.4, 0.5) is 18.9 Å². The van der Waals surface area contributed by atoms with Gasteiger partial charge in [0.1, 0.15) is 0 Å². The number of rotatable bonds is 6. The number of benzene rings is 2. The fourth-order valence-electron chi connectivity index (χ4n) is 2.84. The normalized spacial score (nSPS) is 13.5. The van der Waals surface area contributed by atoms with Gasteiger partial charge < -0.3 is 29.6 Å². The molecule has 0 bridgehead atoms. The Morgan fingerprint density at radius 3 is 2.50 bits per heavy atom. The molecule has 2 aromatic rings. The Hall–Kier alpha value is -2.57. The highest BCUT2D eigenvalue weighted by molar-refractivity contribution is 14.0. The summed E-state index contributed by atoms with van der Waals surface area (Å²) in [7, 11) is 3.00. The van der Waals surface area contributed by atoms with Gasteiger partial charge in [-0.05, 0) is 29.8 Å². The first-order chi connectivity index (χ1) is 14.9. The van der Waals surface area contributed by atoms with Crippen molar-refractivity contribution in [2.45, 2.75) is 19.1 Å². The van der Waals surface area contributed by atoms with Crippen LogP contribution in [0.15, 0.2) is 41.4 Å². The maximum absolute atomic E-state index is 12.4. The SMILES string of the molecule is CN=C(NCc1ccc(OCC(F)(F)F)c(OC)c1)Nc1ccc2c(c1)OCCCO2.I. The van der Waals surface area contributed by atoms with Crippen LogP contribution in [0.3, 0.4) is 0 Å². The molecule has 0 aromatic heterocycles. The predicted molar refractivity (Wildman–Crippen MR) is 126 cm³/mol. The maximum atomic E-state index is 12.4. The lowest BCUT2D eigenvalue weighted by atomic mass is 10.2. The van der Waals surface area contributed by atoms with Crippen LogP contribution in [0.5, 0.6) is 23.0 Å². The van der Waals surface area contributed by atoms with E-state index in [0.717, 1.165) is 17.7 Å². The average Bonchev–Trinajstić information content (AvgIpc) is 2.99. The fourth-order valence-corrected chi connectivity index (χ4v) is 2.84. The van der Waals surface area contributed by atoms with E-state index in [-0.39, 0.29) is 35.5 Å². The third-order valence-electron chi connectivity index (χ3n) is 4.31. The second-order valence-electron chi connectivity index (χ2n) is 6.65. The van der Waals surface area contributed by atoms with Gasteiger partial charge >= 0.3 is 6.18 Å². The molecular weight excluding hydrogens is 542 g/mol. The molecular formula is C21H25F3IN3O4. The largest absolute Gasteiger partial charge is 0.493 e. The zero-order chi connectivity index (χ0) is 22.3. The lowest BCUT2D eigenvalue weighted by Gasteiger charge is -2.16. The Bertz CT molecular complexity index is 926. The van der Waals surface area contributed by atoms with Crippen LogP contribution in [0, 0.1) is 0 Å². The summed E-state index contributed by atoms with van der Waals surface area (Å²) in [5, 5.41) is 6.31. The van der Waals surface area contributed by atoms with Gasteiger partial charge in [0.05, 0.1) is 20.3 Å². The van der Waals surface area contributed by atoms with Crippen molar-refractivity contribution in [3.05, 3.63) is 42.0 Å². The Morgan fingerprint density at radius 1 is 1.06 bits per heavy atom. The van der Waals surface area contributed by atoms with Gasteiger partial charge in [-0.3, -0.25) is 4.99 Å². The highest BCUT2D eigenvalue weighted by Crippen LogP contribution is 2.32. The van der Waals surface area contributed by atoms with E-state index in [1.54, 1.807) is 19.2 Å². The van der Waals surface area contributed by atoms with Crippen molar-refractivity contribution in [2.75, 3.05) is 39.3 Å². The van der Waals surface area contributed by atoms with Gasteiger partial charge in [0.25, 0.3) is 0 Å². The third-order valence-corrected chi connectivity index (χ3v) is 4.31. The van der Waals surface area contributed by atoms with Crippen molar-refractivity contribution in [1.29, 1.82) is 0 Å². The van der Waals surface area contributed by atoms with E-state index in [0.29, 0.717) is 37.2 Å². The first kappa shape index (κ1) is 25.7. The van der Waals surface area contributed by atoms with E-state index in [2.05, 4.69) is 15.6 Å². The van der Waals surface area contributed by atoms with E-state index in [9.17, 15) is 13.2 Å². The Balaban J connectivity index is 0.00000363. The molecule has 32 heavy (non-hydrogen) atoms. The number of anilines is 1. The van der Waals surface area contributed by atoms with Crippen molar-refractivity contribution in [3.8, 4) is 23.0 Å². The van der Waals surface area contributed by atoms with Crippen LogP contribution in [-0.4, -0.2) is 46.1 Å². The molecule has 0 saturated heterocycles. The van der Waals surface area contributed by atoms with Crippen LogP contribution in [-0.2, 0) is 6.54 Å². The van der Waals surface area contributed by atoms with Crippen LogP contribution < -0.4 is 29.6 Å². The minimum absolute atomic E-state index is 0. The molecule has 0 fully saturated rings. The van der Waals surface area contributed by atoms with E-state index >= 15 is 0 Å². The topological polar surface area (TPSA) is 73.3 Å². The predicted octanol–water partition coefficient (Wildman–Crippen LogP) is 4.60. The number of guanidine groups is 1. The molecule has 3 rings (SSSR count). The molecule has 0 radical (unpaired) electrons. The molecule has 0 unspecified atom stereocenters. The number of nitrogens with zero attached hydrogens (tertiary/aromatic N) is 1. The Labute approximate surface area is 201 Å². The zero-order valence-electron chi connectivity index (χ0n) is 17.6. The van der Waals surface area contributed by atoms with Gasteiger partial charge in [0.2, 0.25) is 0 Å². The number of fused-ring (bicyclic) bond motifs is 1. The molecule has 2 aromatic carbocycles. The maximum Gasteiger partial charge on any atom is 0.422 e. The molecule has 11 heteroatoms.